The number of aromatic hydroxyl groups is 1. The second-order valence-electron chi connectivity index (χ2n) is 6.74. The molecular formula is C23H16N2O3. The lowest BCUT2D eigenvalue weighted by molar-refractivity contribution is 0.467. The van der Waals surface area contributed by atoms with E-state index in [2.05, 4.69) is 10.3 Å². The van der Waals surface area contributed by atoms with Gasteiger partial charge in [-0.3, -0.25) is 0 Å². The monoisotopic (exact) mass is 368 g/mol. The lowest BCUT2D eigenvalue weighted by Gasteiger charge is -2.09. The number of anilines is 1. The molecule has 1 aliphatic heterocycles. The minimum absolute atomic E-state index is 0.0571. The predicted molar refractivity (Wildman–Crippen MR) is 112 cm³/mol. The van der Waals surface area contributed by atoms with E-state index >= 15 is 0 Å². The van der Waals surface area contributed by atoms with Gasteiger partial charge in [-0.1, -0.05) is 42.5 Å². The molecule has 0 saturated heterocycles. The fourth-order valence-electron chi connectivity index (χ4n) is 3.60. The van der Waals surface area contributed by atoms with Crippen molar-refractivity contribution in [2.45, 2.75) is 6.92 Å². The fourth-order valence-corrected chi connectivity index (χ4v) is 3.60. The summed E-state index contributed by atoms with van der Waals surface area (Å²) < 4.78 is 5.55. The molecule has 0 fully saturated rings. The smallest absolute Gasteiger partial charge is 0.349 e. The summed E-state index contributed by atoms with van der Waals surface area (Å²) in [7, 11) is 0. The van der Waals surface area contributed by atoms with Gasteiger partial charge in [0.15, 0.2) is 0 Å². The van der Waals surface area contributed by atoms with Crippen LogP contribution >= 0.6 is 0 Å². The lowest BCUT2D eigenvalue weighted by atomic mass is 10.0. The Balaban J connectivity index is 1.87. The van der Waals surface area contributed by atoms with E-state index in [0.29, 0.717) is 22.4 Å². The average molecular weight is 368 g/mol. The summed E-state index contributed by atoms with van der Waals surface area (Å²) in [6.45, 7) is 1.88. The Hall–Kier alpha value is -3.86. The number of nitrogens with zero attached hydrogens (tertiary/aromatic N) is 1. The maximum Gasteiger partial charge on any atom is 0.349 e. The van der Waals surface area contributed by atoms with Crippen LogP contribution in [0, 0.1) is 0 Å². The second kappa shape index (κ2) is 6.09. The number of aliphatic imine (C=N–C) groups is 1. The molecule has 5 heteroatoms. The molecule has 1 aromatic heterocycles. The van der Waals surface area contributed by atoms with E-state index in [4.69, 9.17) is 4.42 Å². The highest BCUT2D eigenvalue weighted by atomic mass is 16.4. The topological polar surface area (TPSA) is 74.8 Å². The van der Waals surface area contributed by atoms with Gasteiger partial charge in [0.2, 0.25) is 0 Å². The van der Waals surface area contributed by atoms with Crippen molar-refractivity contribution in [2.24, 2.45) is 4.99 Å². The zero-order valence-corrected chi connectivity index (χ0v) is 15.1. The molecule has 0 aliphatic carbocycles. The maximum atomic E-state index is 12.8. The molecule has 1 aliphatic rings. The van der Waals surface area contributed by atoms with Gasteiger partial charge < -0.3 is 14.8 Å². The molecule has 0 radical (unpaired) electrons. The SMILES string of the molecule is CC1=CC(c2c(O)c3c(ccc4ccccc43)oc2=O)=Nc2ccccc2N1. The summed E-state index contributed by atoms with van der Waals surface area (Å²) >= 11 is 0. The molecular weight excluding hydrogens is 352 g/mol. The number of hydrogen-bond acceptors (Lipinski definition) is 5. The Morgan fingerprint density at radius 1 is 1.00 bits per heavy atom. The van der Waals surface area contributed by atoms with Crippen LogP contribution in [0.4, 0.5) is 11.4 Å². The first-order valence-electron chi connectivity index (χ1n) is 8.93. The molecule has 2 heterocycles. The number of hydrogen-bond donors (Lipinski definition) is 2. The molecule has 0 saturated carbocycles. The molecule has 0 spiro atoms. The number of benzene rings is 3. The van der Waals surface area contributed by atoms with Crippen LogP contribution in [0.25, 0.3) is 21.7 Å². The molecule has 0 amide bonds. The summed E-state index contributed by atoms with van der Waals surface area (Å²) in [6.07, 6.45) is 1.74. The third-order valence-electron chi connectivity index (χ3n) is 4.86. The van der Waals surface area contributed by atoms with Gasteiger partial charge in [-0.25, -0.2) is 9.79 Å². The van der Waals surface area contributed by atoms with E-state index in [9.17, 15) is 9.90 Å². The van der Waals surface area contributed by atoms with Crippen LogP contribution < -0.4 is 10.9 Å². The first kappa shape index (κ1) is 16.3. The molecule has 5 nitrogen and oxygen atoms in total. The summed E-state index contributed by atoms with van der Waals surface area (Å²) in [5, 5.41) is 16.6. The van der Waals surface area contributed by atoms with Crippen molar-refractivity contribution < 1.29 is 9.52 Å². The minimum atomic E-state index is -0.623. The van der Waals surface area contributed by atoms with Crippen molar-refractivity contribution in [3.63, 3.8) is 0 Å². The zero-order valence-electron chi connectivity index (χ0n) is 15.1. The number of rotatable bonds is 1. The van der Waals surface area contributed by atoms with Gasteiger partial charge in [-0.05, 0) is 42.0 Å². The Labute approximate surface area is 160 Å². The lowest BCUT2D eigenvalue weighted by Crippen LogP contribution is -2.14. The van der Waals surface area contributed by atoms with E-state index < -0.39 is 5.63 Å². The quantitative estimate of drug-likeness (QED) is 0.362. The fraction of sp³-hybridized carbons (Fsp3) is 0.0435. The summed E-state index contributed by atoms with van der Waals surface area (Å²) in [5.41, 5.74) is 2.46. The van der Waals surface area contributed by atoms with Gasteiger partial charge in [0.25, 0.3) is 0 Å². The maximum absolute atomic E-state index is 12.8. The van der Waals surface area contributed by atoms with E-state index in [1.165, 1.54) is 0 Å². The van der Waals surface area contributed by atoms with Crippen molar-refractivity contribution in [1.82, 2.24) is 0 Å². The van der Waals surface area contributed by atoms with Crippen molar-refractivity contribution in [3.05, 3.63) is 88.4 Å². The summed E-state index contributed by atoms with van der Waals surface area (Å²) in [5.74, 6) is -0.120. The normalized spacial score (nSPS) is 13.5. The van der Waals surface area contributed by atoms with Gasteiger partial charge in [0.05, 0.1) is 22.5 Å². The first-order valence-corrected chi connectivity index (χ1v) is 8.93. The van der Waals surface area contributed by atoms with Gasteiger partial charge in [-0.2, -0.15) is 0 Å². The molecule has 136 valence electrons. The Morgan fingerprint density at radius 2 is 1.79 bits per heavy atom. The highest BCUT2D eigenvalue weighted by Gasteiger charge is 2.21. The minimum Gasteiger partial charge on any atom is -0.506 e. The second-order valence-corrected chi connectivity index (χ2v) is 6.74. The molecule has 5 rings (SSSR count). The Bertz CT molecular complexity index is 1380. The van der Waals surface area contributed by atoms with Crippen LogP contribution in [0.5, 0.6) is 5.75 Å². The number of allylic oxidation sites excluding steroid dienone is 2. The van der Waals surface area contributed by atoms with Crippen LogP contribution in [0.3, 0.4) is 0 Å². The van der Waals surface area contributed by atoms with Crippen molar-refractivity contribution >= 4 is 38.8 Å². The number of nitrogens with one attached hydrogen (secondary N) is 1. The Morgan fingerprint density at radius 3 is 2.68 bits per heavy atom. The van der Waals surface area contributed by atoms with E-state index in [1.54, 1.807) is 12.1 Å². The van der Waals surface area contributed by atoms with Gasteiger partial charge in [0, 0.05) is 5.70 Å². The van der Waals surface area contributed by atoms with E-state index in [-0.39, 0.29) is 11.3 Å². The molecule has 0 bridgehead atoms. The van der Waals surface area contributed by atoms with Gasteiger partial charge in [-0.15, -0.1) is 0 Å². The van der Waals surface area contributed by atoms with Crippen molar-refractivity contribution in [2.75, 3.05) is 5.32 Å². The van der Waals surface area contributed by atoms with E-state index in [0.717, 1.165) is 22.2 Å². The van der Waals surface area contributed by atoms with Crippen LogP contribution in [-0.4, -0.2) is 10.8 Å². The molecule has 0 unspecified atom stereocenters. The van der Waals surface area contributed by atoms with Crippen LogP contribution in [-0.2, 0) is 0 Å². The highest BCUT2D eigenvalue weighted by Crippen LogP contribution is 2.35. The third-order valence-corrected chi connectivity index (χ3v) is 4.86. The van der Waals surface area contributed by atoms with Crippen LogP contribution in [0.15, 0.2) is 86.6 Å². The first-order chi connectivity index (χ1) is 13.6. The Kier molecular flexibility index (Phi) is 3.55. The molecule has 0 atom stereocenters. The average Bonchev–Trinajstić information content (AvgIpc) is 2.85. The van der Waals surface area contributed by atoms with Crippen LogP contribution in [0.1, 0.15) is 12.5 Å². The van der Waals surface area contributed by atoms with E-state index in [1.807, 2.05) is 61.5 Å². The summed E-state index contributed by atoms with van der Waals surface area (Å²) in [6, 6.07) is 18.8. The van der Waals surface area contributed by atoms with Gasteiger partial charge in [0.1, 0.15) is 16.9 Å². The largest absolute Gasteiger partial charge is 0.506 e. The van der Waals surface area contributed by atoms with Gasteiger partial charge >= 0.3 is 5.63 Å². The predicted octanol–water partition coefficient (Wildman–Crippen LogP) is 5.10. The molecule has 4 aromatic rings. The standard InChI is InChI=1S/C23H16N2O3/c1-13-12-18(25-17-9-5-4-8-16(17)24-13)21-22(26)20-15-7-3-2-6-14(15)10-11-19(20)28-23(21)27/h2-12,24,26H,1H3. The summed E-state index contributed by atoms with van der Waals surface area (Å²) in [4.78, 5) is 17.4. The van der Waals surface area contributed by atoms with Crippen LogP contribution in [0.2, 0.25) is 0 Å². The zero-order chi connectivity index (χ0) is 19.3. The molecule has 2 N–H and O–H groups in total. The molecule has 3 aromatic carbocycles. The van der Waals surface area contributed by atoms with Crippen molar-refractivity contribution in [3.8, 4) is 5.75 Å². The van der Waals surface area contributed by atoms with Crippen molar-refractivity contribution in [1.29, 1.82) is 0 Å². The number of fused-ring (bicyclic) bond motifs is 4. The molecule has 28 heavy (non-hydrogen) atoms. The highest BCUT2D eigenvalue weighted by molar-refractivity contribution is 6.18. The third kappa shape index (κ3) is 2.48. The number of para-hydroxylation sites is 2.